The normalized spacial score (nSPS) is 12.0. The third kappa shape index (κ3) is 10.4. The second kappa shape index (κ2) is 14.7. The summed E-state index contributed by atoms with van der Waals surface area (Å²) in [6.07, 6.45) is 1.12. The zero-order valence-corrected chi connectivity index (χ0v) is 22.9. The first-order chi connectivity index (χ1) is 15.3. The number of amides is 1. The predicted octanol–water partition coefficient (Wildman–Crippen LogP) is 4.16. The monoisotopic (exact) mass is 567 g/mol. The van der Waals surface area contributed by atoms with Gasteiger partial charge in [-0.1, -0.05) is 31.2 Å². The molecule has 2 aromatic rings. The lowest BCUT2D eigenvalue weighted by atomic mass is 10.1. The molecule has 2 aromatic carbocycles. The van der Waals surface area contributed by atoms with Crippen molar-refractivity contribution >= 4 is 41.5 Å². The highest BCUT2D eigenvalue weighted by Gasteiger charge is 2.09. The van der Waals surface area contributed by atoms with E-state index in [9.17, 15) is 4.79 Å². The SMILES string of the molecule is CCC(C)Oc1cc(C)ccc1CNC(=NC)NCc1cccc(NC(=O)CN(C)C)c1.I. The lowest BCUT2D eigenvalue weighted by Crippen LogP contribution is -2.36. The van der Waals surface area contributed by atoms with E-state index in [-0.39, 0.29) is 36.0 Å². The van der Waals surface area contributed by atoms with Gasteiger partial charge in [0.2, 0.25) is 5.91 Å². The fourth-order valence-corrected chi connectivity index (χ4v) is 3.05. The van der Waals surface area contributed by atoms with Gasteiger partial charge in [0.1, 0.15) is 5.75 Å². The lowest BCUT2D eigenvalue weighted by Gasteiger charge is -2.18. The van der Waals surface area contributed by atoms with Crippen LogP contribution in [0.5, 0.6) is 5.75 Å². The van der Waals surface area contributed by atoms with E-state index in [2.05, 4.69) is 59.9 Å². The maximum atomic E-state index is 12.0. The standard InChI is InChI=1S/C25H37N5O2.HI/c1-7-19(3)32-23-13-18(2)11-12-21(23)16-28-25(26-4)27-15-20-9-8-10-22(14-20)29-24(31)17-30(5)6;/h8-14,19H,7,15-17H2,1-6H3,(H,29,31)(H2,26,27,28);1H. The Kier molecular flexibility index (Phi) is 12.8. The molecule has 0 aromatic heterocycles. The zero-order chi connectivity index (χ0) is 23.5. The number of halogens is 1. The summed E-state index contributed by atoms with van der Waals surface area (Å²) in [6, 6.07) is 14.1. The number of nitrogens with one attached hydrogen (secondary N) is 3. The molecule has 0 bridgehead atoms. The number of guanidine groups is 1. The predicted molar refractivity (Wildman–Crippen MR) is 148 cm³/mol. The number of hydrogen-bond donors (Lipinski definition) is 3. The molecule has 1 unspecified atom stereocenters. The van der Waals surface area contributed by atoms with Crippen LogP contribution in [-0.2, 0) is 17.9 Å². The van der Waals surface area contributed by atoms with E-state index in [1.54, 1.807) is 7.05 Å². The molecule has 8 heteroatoms. The molecule has 0 aliphatic heterocycles. The van der Waals surface area contributed by atoms with E-state index in [0.29, 0.717) is 25.6 Å². The second-order valence-electron chi connectivity index (χ2n) is 8.21. The molecule has 0 spiro atoms. The van der Waals surface area contributed by atoms with Crippen molar-refractivity contribution in [1.29, 1.82) is 0 Å². The Morgan fingerprint density at radius 3 is 2.52 bits per heavy atom. The summed E-state index contributed by atoms with van der Waals surface area (Å²) in [5, 5.41) is 9.61. The first-order valence-electron chi connectivity index (χ1n) is 11.0. The summed E-state index contributed by atoms with van der Waals surface area (Å²) in [5.41, 5.74) is 4.09. The summed E-state index contributed by atoms with van der Waals surface area (Å²) in [4.78, 5) is 18.2. The first-order valence-corrected chi connectivity index (χ1v) is 11.0. The minimum Gasteiger partial charge on any atom is -0.490 e. The van der Waals surface area contributed by atoms with Crippen LogP contribution in [0.15, 0.2) is 47.5 Å². The van der Waals surface area contributed by atoms with Crippen LogP contribution in [0.4, 0.5) is 5.69 Å². The first kappa shape index (κ1) is 28.7. The maximum Gasteiger partial charge on any atom is 0.238 e. The van der Waals surface area contributed by atoms with Crippen molar-refractivity contribution in [2.75, 3.05) is 33.0 Å². The van der Waals surface area contributed by atoms with Gasteiger partial charge in [-0.2, -0.15) is 0 Å². The summed E-state index contributed by atoms with van der Waals surface area (Å²) >= 11 is 0. The number of rotatable bonds is 10. The molecule has 0 aliphatic rings. The molecule has 0 saturated heterocycles. The molecular weight excluding hydrogens is 529 g/mol. The van der Waals surface area contributed by atoms with Gasteiger partial charge in [0, 0.05) is 31.4 Å². The maximum absolute atomic E-state index is 12.0. The van der Waals surface area contributed by atoms with E-state index < -0.39 is 0 Å². The van der Waals surface area contributed by atoms with Crippen LogP contribution in [0.25, 0.3) is 0 Å². The van der Waals surface area contributed by atoms with Gasteiger partial charge in [-0.25, -0.2) is 0 Å². The van der Waals surface area contributed by atoms with Gasteiger partial charge in [-0.05, 0) is 63.7 Å². The number of nitrogens with zero attached hydrogens (tertiary/aromatic N) is 2. The van der Waals surface area contributed by atoms with Crippen molar-refractivity contribution in [3.05, 3.63) is 59.2 Å². The number of ether oxygens (including phenoxy) is 1. The van der Waals surface area contributed by atoms with Crippen molar-refractivity contribution < 1.29 is 9.53 Å². The molecule has 0 saturated carbocycles. The second-order valence-corrected chi connectivity index (χ2v) is 8.21. The minimum atomic E-state index is -0.0360. The molecule has 182 valence electrons. The van der Waals surface area contributed by atoms with Crippen molar-refractivity contribution in [2.45, 2.75) is 46.4 Å². The van der Waals surface area contributed by atoms with Gasteiger partial charge in [0.05, 0.1) is 12.6 Å². The van der Waals surface area contributed by atoms with Crippen LogP contribution in [-0.4, -0.2) is 50.6 Å². The Bertz CT molecular complexity index is 917. The average molecular weight is 568 g/mol. The number of carbonyl (C=O) groups excluding carboxylic acids is 1. The fourth-order valence-electron chi connectivity index (χ4n) is 3.05. The number of benzene rings is 2. The molecule has 1 atom stereocenters. The molecule has 7 nitrogen and oxygen atoms in total. The highest BCUT2D eigenvalue weighted by molar-refractivity contribution is 14.0. The summed E-state index contributed by atoms with van der Waals surface area (Å²) in [6.45, 7) is 7.80. The summed E-state index contributed by atoms with van der Waals surface area (Å²) in [5.74, 6) is 1.57. The number of carbonyl (C=O) groups is 1. The highest BCUT2D eigenvalue weighted by Crippen LogP contribution is 2.22. The van der Waals surface area contributed by atoms with E-state index in [4.69, 9.17) is 4.74 Å². The third-order valence-corrected chi connectivity index (χ3v) is 4.93. The molecule has 33 heavy (non-hydrogen) atoms. The molecule has 1 amide bonds. The topological polar surface area (TPSA) is 78.0 Å². The number of hydrogen-bond acceptors (Lipinski definition) is 4. The average Bonchev–Trinajstić information content (AvgIpc) is 2.74. The van der Waals surface area contributed by atoms with Crippen molar-refractivity contribution in [1.82, 2.24) is 15.5 Å². The van der Waals surface area contributed by atoms with E-state index in [1.807, 2.05) is 43.3 Å². The van der Waals surface area contributed by atoms with Crippen molar-refractivity contribution in [2.24, 2.45) is 4.99 Å². The smallest absolute Gasteiger partial charge is 0.238 e. The van der Waals surface area contributed by atoms with Gasteiger partial charge in [0.15, 0.2) is 5.96 Å². The molecule has 2 rings (SSSR count). The van der Waals surface area contributed by atoms with Crippen LogP contribution in [0, 0.1) is 6.92 Å². The Hall–Kier alpha value is -2.33. The Morgan fingerprint density at radius 2 is 1.85 bits per heavy atom. The largest absolute Gasteiger partial charge is 0.490 e. The third-order valence-electron chi connectivity index (χ3n) is 4.93. The van der Waals surface area contributed by atoms with Crippen LogP contribution in [0.3, 0.4) is 0 Å². The molecule has 0 fully saturated rings. The van der Waals surface area contributed by atoms with Crippen LogP contribution >= 0.6 is 24.0 Å². The van der Waals surface area contributed by atoms with Crippen molar-refractivity contribution in [3.63, 3.8) is 0 Å². The van der Waals surface area contributed by atoms with Gasteiger partial charge in [-0.15, -0.1) is 24.0 Å². The number of anilines is 1. The van der Waals surface area contributed by atoms with Crippen molar-refractivity contribution in [3.8, 4) is 5.75 Å². The lowest BCUT2D eigenvalue weighted by molar-refractivity contribution is -0.116. The van der Waals surface area contributed by atoms with E-state index in [0.717, 1.165) is 29.0 Å². The number of aryl methyl sites for hydroxylation is 1. The molecule has 0 heterocycles. The summed E-state index contributed by atoms with van der Waals surface area (Å²) in [7, 11) is 5.49. The van der Waals surface area contributed by atoms with E-state index >= 15 is 0 Å². The van der Waals surface area contributed by atoms with Crippen LogP contribution in [0.1, 0.15) is 37.0 Å². The van der Waals surface area contributed by atoms with Gasteiger partial charge >= 0.3 is 0 Å². The zero-order valence-electron chi connectivity index (χ0n) is 20.6. The van der Waals surface area contributed by atoms with Gasteiger partial charge < -0.3 is 25.6 Å². The van der Waals surface area contributed by atoms with Crippen LogP contribution in [0.2, 0.25) is 0 Å². The molecule has 0 aliphatic carbocycles. The molecule has 0 radical (unpaired) electrons. The number of likely N-dealkylation sites (N-methyl/N-ethyl adjacent to an activating group) is 1. The van der Waals surface area contributed by atoms with E-state index in [1.165, 1.54) is 5.56 Å². The Balaban J connectivity index is 0.00000544. The van der Waals surface area contributed by atoms with Crippen LogP contribution < -0.4 is 20.7 Å². The number of aliphatic imine (C=N–C) groups is 1. The highest BCUT2D eigenvalue weighted by atomic mass is 127. The van der Waals surface area contributed by atoms with Gasteiger partial charge in [0.25, 0.3) is 0 Å². The fraction of sp³-hybridized carbons (Fsp3) is 0.440. The summed E-state index contributed by atoms with van der Waals surface area (Å²) < 4.78 is 6.10. The minimum absolute atomic E-state index is 0. The Morgan fingerprint density at radius 1 is 1.12 bits per heavy atom. The van der Waals surface area contributed by atoms with Gasteiger partial charge in [-0.3, -0.25) is 9.79 Å². The Labute approximate surface area is 215 Å². The quantitative estimate of drug-likeness (QED) is 0.229. The molecular formula is C25H38IN5O2. The molecule has 3 N–H and O–H groups in total.